The first-order chi connectivity index (χ1) is 7.06. The average molecular weight is 230 g/mol. The molecule has 0 bridgehead atoms. The molecule has 0 aliphatic heterocycles. The molecule has 0 radical (unpaired) electrons. The van der Waals surface area contributed by atoms with Crippen LogP contribution < -0.4 is 4.74 Å². The van der Waals surface area contributed by atoms with E-state index >= 15 is 0 Å². The molecular formula is C10H14O4S. The van der Waals surface area contributed by atoms with Gasteiger partial charge in [-0.1, -0.05) is 13.8 Å². The number of carbonyl (C=O) groups is 1. The summed E-state index contributed by atoms with van der Waals surface area (Å²) in [7, 11) is 1.50. The zero-order chi connectivity index (χ0) is 11.4. The molecule has 0 saturated carbocycles. The van der Waals surface area contributed by atoms with E-state index in [2.05, 4.69) is 0 Å². The summed E-state index contributed by atoms with van der Waals surface area (Å²) < 4.78 is 9.93. The molecule has 1 rings (SSSR count). The topological polar surface area (TPSA) is 55.8 Å². The highest BCUT2D eigenvalue weighted by Gasteiger charge is 2.17. The van der Waals surface area contributed by atoms with Crippen LogP contribution >= 0.6 is 11.3 Å². The molecule has 0 aliphatic carbocycles. The minimum absolute atomic E-state index is 0.0640. The fraction of sp³-hybridized carbons (Fsp3) is 0.500. The third-order valence-corrected chi connectivity index (χ3v) is 3.22. The second-order valence-electron chi connectivity index (χ2n) is 3.35. The second-order valence-corrected chi connectivity index (χ2v) is 4.44. The number of carboxylic acid groups (broad SMARTS) is 1. The lowest BCUT2D eigenvalue weighted by atomic mass is 10.2. The molecule has 84 valence electrons. The molecule has 0 fully saturated rings. The Balaban J connectivity index is 2.95. The summed E-state index contributed by atoms with van der Waals surface area (Å²) in [5.41, 5.74) is 0. The number of thiophene rings is 1. The molecule has 1 aromatic rings. The standard InChI is InChI=1S/C10H14O4S/c1-6(2)8-4-7(14-5-13-3)9(15-8)10(11)12/h4,6H,5H2,1-3H3,(H,11,12). The zero-order valence-electron chi connectivity index (χ0n) is 8.94. The lowest BCUT2D eigenvalue weighted by Gasteiger charge is -2.02. The Morgan fingerprint density at radius 2 is 2.27 bits per heavy atom. The minimum atomic E-state index is -0.960. The van der Waals surface area contributed by atoms with E-state index in [1.54, 1.807) is 6.07 Å². The molecule has 15 heavy (non-hydrogen) atoms. The summed E-state index contributed by atoms with van der Waals surface area (Å²) in [6.07, 6.45) is 0. The van der Waals surface area contributed by atoms with Gasteiger partial charge in [0.05, 0.1) is 0 Å². The van der Waals surface area contributed by atoms with Gasteiger partial charge in [-0.2, -0.15) is 0 Å². The fourth-order valence-electron chi connectivity index (χ4n) is 1.06. The van der Waals surface area contributed by atoms with E-state index in [0.29, 0.717) is 11.7 Å². The van der Waals surface area contributed by atoms with Crippen LogP contribution in [0.3, 0.4) is 0 Å². The Morgan fingerprint density at radius 1 is 1.60 bits per heavy atom. The Hall–Kier alpha value is -1.07. The van der Waals surface area contributed by atoms with Crippen LogP contribution in [0.15, 0.2) is 6.07 Å². The van der Waals surface area contributed by atoms with Crippen molar-refractivity contribution in [3.05, 3.63) is 15.8 Å². The third kappa shape index (κ3) is 2.94. The van der Waals surface area contributed by atoms with Gasteiger partial charge in [0.2, 0.25) is 0 Å². The van der Waals surface area contributed by atoms with Crippen molar-refractivity contribution in [1.29, 1.82) is 0 Å². The van der Waals surface area contributed by atoms with E-state index in [9.17, 15) is 4.79 Å². The van der Waals surface area contributed by atoms with Crippen molar-refractivity contribution < 1.29 is 19.4 Å². The summed E-state index contributed by atoms with van der Waals surface area (Å²) in [5.74, 6) is -0.274. The molecule has 1 N–H and O–H groups in total. The van der Waals surface area contributed by atoms with Gasteiger partial charge in [0, 0.05) is 12.0 Å². The average Bonchev–Trinajstić information content (AvgIpc) is 2.58. The van der Waals surface area contributed by atoms with Crippen molar-refractivity contribution in [3.63, 3.8) is 0 Å². The maximum absolute atomic E-state index is 10.9. The van der Waals surface area contributed by atoms with E-state index < -0.39 is 5.97 Å². The van der Waals surface area contributed by atoms with Crippen molar-refractivity contribution in [1.82, 2.24) is 0 Å². The maximum Gasteiger partial charge on any atom is 0.349 e. The molecular weight excluding hydrogens is 216 g/mol. The van der Waals surface area contributed by atoms with Gasteiger partial charge >= 0.3 is 5.97 Å². The fourth-order valence-corrected chi connectivity index (χ4v) is 2.00. The molecule has 0 atom stereocenters. The SMILES string of the molecule is COCOc1cc(C(C)C)sc1C(=O)O. The van der Waals surface area contributed by atoms with Gasteiger partial charge in [0.1, 0.15) is 5.75 Å². The number of rotatable bonds is 5. The predicted molar refractivity (Wildman–Crippen MR) is 57.9 cm³/mol. The normalized spacial score (nSPS) is 10.7. The lowest BCUT2D eigenvalue weighted by Crippen LogP contribution is -2.02. The van der Waals surface area contributed by atoms with E-state index in [0.717, 1.165) is 4.88 Å². The third-order valence-electron chi connectivity index (χ3n) is 1.81. The molecule has 0 aliphatic rings. The summed E-state index contributed by atoms with van der Waals surface area (Å²) in [4.78, 5) is 12.1. The van der Waals surface area contributed by atoms with Gasteiger partial charge in [-0.15, -0.1) is 11.3 Å². The van der Waals surface area contributed by atoms with Crippen LogP contribution in [0.2, 0.25) is 0 Å². The molecule has 0 amide bonds. The molecule has 0 aromatic carbocycles. The van der Waals surface area contributed by atoms with Crippen LogP contribution in [0.4, 0.5) is 0 Å². The summed E-state index contributed by atoms with van der Waals surface area (Å²) >= 11 is 1.25. The Morgan fingerprint density at radius 3 is 2.73 bits per heavy atom. The van der Waals surface area contributed by atoms with Crippen LogP contribution in [0.1, 0.15) is 34.3 Å². The van der Waals surface area contributed by atoms with Crippen molar-refractivity contribution in [3.8, 4) is 5.75 Å². The molecule has 4 nitrogen and oxygen atoms in total. The quantitative estimate of drug-likeness (QED) is 0.790. The van der Waals surface area contributed by atoms with Gasteiger partial charge in [-0.3, -0.25) is 0 Å². The zero-order valence-corrected chi connectivity index (χ0v) is 9.76. The van der Waals surface area contributed by atoms with E-state index in [-0.39, 0.29) is 11.7 Å². The summed E-state index contributed by atoms with van der Waals surface area (Å²) in [6.45, 7) is 4.09. The van der Waals surface area contributed by atoms with Gasteiger partial charge in [-0.25, -0.2) is 4.79 Å². The van der Waals surface area contributed by atoms with Crippen LogP contribution in [-0.2, 0) is 4.74 Å². The first-order valence-electron chi connectivity index (χ1n) is 4.55. The van der Waals surface area contributed by atoms with E-state index in [1.807, 2.05) is 13.8 Å². The predicted octanol–water partition coefficient (Wildman–Crippen LogP) is 2.55. The molecule has 1 aromatic heterocycles. The van der Waals surface area contributed by atoms with Crippen LogP contribution in [-0.4, -0.2) is 25.0 Å². The molecule has 1 heterocycles. The number of carboxylic acids is 1. The largest absolute Gasteiger partial charge is 0.477 e. The van der Waals surface area contributed by atoms with Gasteiger partial charge < -0.3 is 14.6 Å². The Kier molecular flexibility index (Phi) is 4.11. The van der Waals surface area contributed by atoms with E-state index in [4.69, 9.17) is 14.6 Å². The summed E-state index contributed by atoms with van der Waals surface area (Å²) in [5, 5.41) is 8.95. The highest BCUT2D eigenvalue weighted by molar-refractivity contribution is 7.14. The van der Waals surface area contributed by atoms with Crippen molar-refractivity contribution in [2.45, 2.75) is 19.8 Å². The second kappa shape index (κ2) is 5.14. The molecule has 5 heteroatoms. The van der Waals surface area contributed by atoms with Crippen LogP contribution in [0, 0.1) is 0 Å². The first kappa shape index (κ1) is 12.0. The van der Waals surface area contributed by atoms with Crippen molar-refractivity contribution in [2.75, 3.05) is 13.9 Å². The lowest BCUT2D eigenvalue weighted by molar-refractivity contribution is 0.0489. The van der Waals surface area contributed by atoms with Crippen LogP contribution in [0.25, 0.3) is 0 Å². The van der Waals surface area contributed by atoms with Crippen molar-refractivity contribution >= 4 is 17.3 Å². The first-order valence-corrected chi connectivity index (χ1v) is 5.36. The minimum Gasteiger partial charge on any atom is -0.477 e. The number of methoxy groups -OCH3 is 1. The Labute approximate surface area is 92.4 Å². The molecule has 0 unspecified atom stereocenters. The monoisotopic (exact) mass is 230 g/mol. The van der Waals surface area contributed by atoms with Gasteiger partial charge in [0.15, 0.2) is 11.7 Å². The number of hydrogen-bond donors (Lipinski definition) is 1. The molecule has 0 saturated heterocycles. The number of aromatic carboxylic acids is 1. The van der Waals surface area contributed by atoms with Crippen molar-refractivity contribution in [2.24, 2.45) is 0 Å². The summed E-state index contributed by atoms with van der Waals surface area (Å²) in [6, 6.07) is 1.76. The Bertz CT molecular complexity index is 343. The smallest absolute Gasteiger partial charge is 0.349 e. The van der Waals surface area contributed by atoms with Gasteiger partial charge in [-0.05, 0) is 12.0 Å². The number of hydrogen-bond acceptors (Lipinski definition) is 4. The van der Waals surface area contributed by atoms with Gasteiger partial charge in [0.25, 0.3) is 0 Å². The molecule has 0 spiro atoms. The maximum atomic E-state index is 10.9. The number of ether oxygens (including phenoxy) is 2. The highest BCUT2D eigenvalue weighted by Crippen LogP contribution is 2.33. The van der Waals surface area contributed by atoms with Crippen LogP contribution in [0.5, 0.6) is 5.75 Å². The highest BCUT2D eigenvalue weighted by atomic mass is 32.1. The van der Waals surface area contributed by atoms with E-state index in [1.165, 1.54) is 18.4 Å².